The number of hydrogen-bond donors (Lipinski definition) is 0. The second-order valence-corrected chi connectivity index (χ2v) is 24.8. The summed E-state index contributed by atoms with van der Waals surface area (Å²) in [7, 11) is -3.04. The summed E-state index contributed by atoms with van der Waals surface area (Å²) < 4.78 is 19.7. The Morgan fingerprint density at radius 2 is 1.02 bits per heavy atom. The van der Waals surface area contributed by atoms with Gasteiger partial charge in [0.15, 0.2) is 8.07 Å². The molecule has 0 N–H and O–H groups in total. The first-order valence-electron chi connectivity index (χ1n) is 23.6. The normalized spacial score (nSPS) is 19.5. The van der Waals surface area contributed by atoms with Crippen LogP contribution >= 0.6 is 23.5 Å². The molecule has 0 amide bonds. The highest BCUT2D eigenvalue weighted by atomic mass is 32.2. The summed E-state index contributed by atoms with van der Waals surface area (Å²) >= 11 is 3.86. The third kappa shape index (κ3) is 6.31. The Kier molecular flexibility index (Phi) is 9.33. The van der Waals surface area contributed by atoms with Crippen LogP contribution < -0.4 is 20.7 Å². The average Bonchev–Trinajstić information content (AvgIpc) is 3.96. The predicted molar refractivity (Wildman–Crippen MR) is 263 cm³/mol. The maximum atomic E-state index is 10.2. The van der Waals surface area contributed by atoms with Gasteiger partial charge in [0.25, 0.3) is 0 Å². The molecular formula is C58H56S2Si. The standard InChI is InChI=1S/C58H56S2Si/c1-57(2)47-29-15-16-31-51(47)59-55-49(57)30-18-32-53(55)61(43-24-7-5-8-25-43,44-26-9-6-10-27-44)45-28-17-23-42(37-45)54-46(40-21-13-14-22-40)34-36-50-56(54)60-52-38-41(39-19-11-12-20-39)33-35-48(52)58(50,3)4/h5-10,15-18,23-40H,11-14,19-22H2,1-4H3/i39D,40D. The van der Waals surface area contributed by atoms with E-state index in [9.17, 15) is 2.74 Å². The highest BCUT2D eigenvalue weighted by molar-refractivity contribution is 8.00. The summed E-state index contributed by atoms with van der Waals surface area (Å²) in [4.78, 5) is 5.29. The molecule has 304 valence electrons. The van der Waals surface area contributed by atoms with E-state index < -0.39 is 19.9 Å². The number of hydrogen-bond acceptors (Lipinski definition) is 2. The molecule has 7 aromatic rings. The molecule has 2 fully saturated rings. The summed E-state index contributed by atoms with van der Waals surface area (Å²) in [5.41, 5.74) is 9.83. The van der Waals surface area contributed by atoms with Crippen LogP contribution in [0.1, 0.15) is 127 Å². The Morgan fingerprint density at radius 3 is 1.72 bits per heavy atom. The second-order valence-electron chi connectivity index (χ2n) is 18.9. The third-order valence-corrected chi connectivity index (χ3v) is 22.2. The van der Waals surface area contributed by atoms with E-state index in [1.165, 1.54) is 79.3 Å². The molecule has 61 heavy (non-hydrogen) atoms. The van der Waals surface area contributed by atoms with Crippen molar-refractivity contribution in [2.45, 2.75) is 121 Å². The van der Waals surface area contributed by atoms with Crippen molar-refractivity contribution in [1.82, 2.24) is 0 Å². The summed E-state index contributed by atoms with van der Waals surface area (Å²) in [6.07, 6.45) is 8.06. The number of rotatable bonds is 7. The van der Waals surface area contributed by atoms with Crippen molar-refractivity contribution in [2.24, 2.45) is 0 Å². The smallest absolute Gasteiger partial charge is 0.0895 e. The lowest BCUT2D eigenvalue weighted by molar-refractivity contribution is 0.603. The fourth-order valence-electron chi connectivity index (χ4n) is 11.5. The van der Waals surface area contributed by atoms with Crippen molar-refractivity contribution in [1.29, 1.82) is 0 Å². The van der Waals surface area contributed by atoms with E-state index in [-0.39, 0.29) is 10.8 Å². The highest BCUT2D eigenvalue weighted by Gasteiger charge is 2.46. The lowest BCUT2D eigenvalue weighted by Gasteiger charge is -2.41. The first kappa shape index (κ1) is 37.1. The summed E-state index contributed by atoms with van der Waals surface area (Å²) in [5.74, 6) is -1.16. The van der Waals surface area contributed by atoms with Gasteiger partial charge in [-0.2, -0.15) is 0 Å². The van der Waals surface area contributed by atoms with E-state index in [0.717, 1.165) is 56.9 Å². The molecule has 2 aliphatic carbocycles. The van der Waals surface area contributed by atoms with E-state index in [2.05, 4.69) is 185 Å². The quantitative estimate of drug-likeness (QED) is 0.116. The van der Waals surface area contributed by atoms with Gasteiger partial charge in [0.1, 0.15) is 0 Å². The minimum Gasteiger partial charge on any atom is -0.0895 e. The van der Waals surface area contributed by atoms with Gasteiger partial charge in [-0.05, 0) is 115 Å². The van der Waals surface area contributed by atoms with E-state index in [4.69, 9.17) is 0 Å². The van der Waals surface area contributed by atoms with Crippen LogP contribution in [0.25, 0.3) is 11.1 Å². The zero-order valence-corrected chi connectivity index (χ0v) is 38.6. The number of fused-ring (bicyclic) bond motifs is 4. The largest absolute Gasteiger partial charge is 0.180 e. The maximum Gasteiger partial charge on any atom is 0.180 e. The molecule has 2 heterocycles. The van der Waals surface area contributed by atoms with Crippen LogP contribution in [0.5, 0.6) is 0 Å². The van der Waals surface area contributed by atoms with Gasteiger partial charge < -0.3 is 0 Å². The molecule has 0 radical (unpaired) electrons. The molecule has 3 heteroatoms. The van der Waals surface area contributed by atoms with Gasteiger partial charge >= 0.3 is 0 Å². The van der Waals surface area contributed by atoms with E-state index in [0.29, 0.717) is 0 Å². The van der Waals surface area contributed by atoms with E-state index >= 15 is 0 Å². The van der Waals surface area contributed by atoms with Gasteiger partial charge in [0, 0.05) is 33.2 Å². The predicted octanol–water partition coefficient (Wildman–Crippen LogP) is 13.6. The molecule has 4 aliphatic rings. The zero-order valence-electron chi connectivity index (χ0n) is 38.0. The zero-order chi connectivity index (χ0) is 43.2. The van der Waals surface area contributed by atoms with Crippen LogP contribution in [-0.2, 0) is 10.8 Å². The monoisotopic (exact) mass is 846 g/mol. The summed E-state index contributed by atoms with van der Waals surface area (Å²) in [6, 6.07) is 60.4. The van der Waals surface area contributed by atoms with Crippen LogP contribution in [0.4, 0.5) is 0 Å². The van der Waals surface area contributed by atoms with E-state index in [1.54, 1.807) is 0 Å². The Balaban J connectivity index is 1.19. The lowest BCUT2D eigenvalue weighted by Crippen LogP contribution is -2.75. The van der Waals surface area contributed by atoms with E-state index in [1.807, 2.05) is 23.5 Å². The van der Waals surface area contributed by atoms with Crippen molar-refractivity contribution in [3.63, 3.8) is 0 Å². The minimum atomic E-state index is -3.04. The van der Waals surface area contributed by atoms with Crippen LogP contribution in [0.15, 0.2) is 177 Å². The van der Waals surface area contributed by atoms with Gasteiger partial charge in [-0.25, -0.2) is 0 Å². The molecular weight excluding hydrogens is 789 g/mol. The molecule has 2 saturated carbocycles. The lowest BCUT2D eigenvalue weighted by atomic mass is 9.75. The second kappa shape index (κ2) is 15.4. The summed E-state index contributed by atoms with van der Waals surface area (Å²) in [6.45, 7) is 9.59. The van der Waals surface area contributed by atoms with Gasteiger partial charge in [0.2, 0.25) is 0 Å². The molecule has 0 nitrogen and oxygen atoms in total. The number of benzene rings is 7. The molecule has 2 aliphatic heterocycles. The van der Waals surface area contributed by atoms with Gasteiger partial charge in [-0.1, -0.05) is 222 Å². The highest BCUT2D eigenvalue weighted by Crippen LogP contribution is 2.56. The van der Waals surface area contributed by atoms with Crippen molar-refractivity contribution < 1.29 is 2.74 Å². The first-order valence-corrected chi connectivity index (χ1v) is 26.2. The molecule has 0 aromatic heterocycles. The van der Waals surface area contributed by atoms with Crippen molar-refractivity contribution >= 4 is 52.3 Å². The SMILES string of the molecule is [2H]C1(c2ccc3c(c2)Sc2c(ccc(C4([2H])CCCC4)c2-c2cccc([Si](c4ccccc4)(c4ccccc4)c4cccc5c4Sc4ccccc4C5(C)C)c2)C3(C)C)CCCC1. The molecule has 0 spiro atoms. The van der Waals surface area contributed by atoms with Gasteiger partial charge in [-0.3, -0.25) is 0 Å². The average molecular weight is 847 g/mol. The Morgan fingerprint density at radius 1 is 0.475 bits per heavy atom. The molecule has 0 unspecified atom stereocenters. The minimum absolute atomic E-state index is 0.165. The van der Waals surface area contributed by atoms with Crippen LogP contribution in [0.2, 0.25) is 0 Å². The molecule has 7 aromatic carbocycles. The van der Waals surface area contributed by atoms with Crippen molar-refractivity contribution in [3.8, 4) is 11.1 Å². The third-order valence-electron chi connectivity index (χ3n) is 14.8. The topological polar surface area (TPSA) is 0 Å². The van der Waals surface area contributed by atoms with Crippen molar-refractivity contribution in [3.05, 3.63) is 191 Å². The molecule has 0 bridgehead atoms. The van der Waals surface area contributed by atoms with Crippen LogP contribution in [0.3, 0.4) is 0 Å². The molecule has 11 rings (SSSR count). The molecule has 0 atom stereocenters. The van der Waals surface area contributed by atoms with Crippen molar-refractivity contribution in [2.75, 3.05) is 0 Å². The van der Waals surface area contributed by atoms with Crippen LogP contribution in [0, 0.1) is 0 Å². The fourth-order valence-corrected chi connectivity index (χ4v) is 20.0. The Hall–Kier alpha value is -4.54. The van der Waals surface area contributed by atoms with Gasteiger partial charge in [0.05, 0.1) is 0 Å². The fraction of sp³-hybridized carbons (Fsp3) is 0.276. The summed E-state index contributed by atoms with van der Waals surface area (Å²) in [5, 5.41) is 5.53. The molecule has 0 saturated heterocycles. The van der Waals surface area contributed by atoms with Gasteiger partial charge in [-0.15, -0.1) is 0 Å². The maximum absolute atomic E-state index is 10.2. The Labute approximate surface area is 376 Å². The first-order chi connectivity index (χ1) is 30.4. The Bertz CT molecular complexity index is 2850. The van der Waals surface area contributed by atoms with Crippen LogP contribution in [-0.4, -0.2) is 8.07 Å².